The number of halogens is 1. The van der Waals surface area contributed by atoms with E-state index in [1.54, 1.807) is 0 Å². The maximum atomic E-state index is 11.4. The third-order valence-electron chi connectivity index (χ3n) is 3.21. The zero-order valence-corrected chi connectivity index (χ0v) is 11.2. The molecule has 1 fully saturated rings. The smallest absolute Gasteiger partial charge is 0.334 e. The average Bonchev–Trinajstić information content (AvgIpc) is 2.70. The van der Waals surface area contributed by atoms with E-state index in [1.807, 2.05) is 24.3 Å². The van der Waals surface area contributed by atoms with Gasteiger partial charge in [-0.2, -0.15) is 0 Å². The van der Waals surface area contributed by atoms with Gasteiger partial charge in [0.2, 0.25) is 0 Å². The van der Waals surface area contributed by atoms with Crippen LogP contribution in [0, 0.1) is 0 Å². The molecule has 3 heteroatoms. The maximum absolute atomic E-state index is 11.4. The van der Waals surface area contributed by atoms with E-state index in [0.717, 1.165) is 20.8 Å². The van der Waals surface area contributed by atoms with Crippen LogP contribution in [-0.4, -0.2) is 5.97 Å². The van der Waals surface area contributed by atoms with Crippen LogP contribution in [0.4, 0.5) is 0 Å². The number of esters is 1. The first-order valence-electron chi connectivity index (χ1n) is 5.72. The number of hydrogen-bond donors (Lipinski definition) is 0. The van der Waals surface area contributed by atoms with Crippen molar-refractivity contribution in [1.82, 2.24) is 0 Å². The molecule has 18 heavy (non-hydrogen) atoms. The molecule has 3 rings (SSSR count). The fraction of sp³-hybridized carbons (Fsp3) is 0.133. The lowest BCUT2D eigenvalue weighted by molar-refractivity contribution is -0.139. The molecule has 0 aromatic heterocycles. The summed E-state index contributed by atoms with van der Waals surface area (Å²) in [4.78, 5) is 11.4. The van der Waals surface area contributed by atoms with Gasteiger partial charge in [0.05, 0.1) is 0 Å². The van der Waals surface area contributed by atoms with Gasteiger partial charge < -0.3 is 4.74 Å². The van der Waals surface area contributed by atoms with E-state index in [9.17, 15) is 4.79 Å². The summed E-state index contributed by atoms with van der Waals surface area (Å²) in [6.45, 7) is 3.71. The number of carbonyl (C=O) groups excluding carboxylic acids is 1. The van der Waals surface area contributed by atoms with Gasteiger partial charge in [-0.1, -0.05) is 43.0 Å². The Morgan fingerprint density at radius 1 is 1.22 bits per heavy atom. The zero-order valence-electron chi connectivity index (χ0n) is 9.65. The van der Waals surface area contributed by atoms with Crippen LogP contribution in [0.5, 0.6) is 0 Å². The molecule has 1 aliphatic heterocycles. The second-order valence-electron chi connectivity index (χ2n) is 4.39. The van der Waals surface area contributed by atoms with Gasteiger partial charge in [0.25, 0.3) is 0 Å². The highest BCUT2D eigenvalue weighted by molar-refractivity contribution is 9.10. The Morgan fingerprint density at radius 2 is 2.00 bits per heavy atom. The van der Waals surface area contributed by atoms with Crippen molar-refractivity contribution in [1.29, 1.82) is 0 Å². The van der Waals surface area contributed by atoms with Crippen molar-refractivity contribution in [2.24, 2.45) is 0 Å². The summed E-state index contributed by atoms with van der Waals surface area (Å²) in [7, 11) is 0. The molecule has 0 amide bonds. The predicted octanol–water partition coefficient (Wildman–Crippen LogP) is 4.15. The SMILES string of the molecule is C=C1CC(c2ccc3ccccc3c2Br)OC1=O. The van der Waals surface area contributed by atoms with E-state index in [1.165, 1.54) is 0 Å². The molecular formula is C15H11BrO2. The minimum absolute atomic E-state index is 0.219. The summed E-state index contributed by atoms with van der Waals surface area (Å²) in [5, 5.41) is 2.29. The lowest BCUT2D eigenvalue weighted by Crippen LogP contribution is -2.00. The highest BCUT2D eigenvalue weighted by Gasteiger charge is 2.30. The Kier molecular flexibility index (Phi) is 2.71. The number of hydrogen-bond acceptors (Lipinski definition) is 2. The first-order chi connectivity index (χ1) is 8.66. The van der Waals surface area contributed by atoms with Crippen molar-refractivity contribution >= 4 is 32.7 Å². The van der Waals surface area contributed by atoms with E-state index < -0.39 is 0 Å². The van der Waals surface area contributed by atoms with Crippen LogP contribution < -0.4 is 0 Å². The Balaban J connectivity index is 2.11. The van der Waals surface area contributed by atoms with Crippen molar-refractivity contribution < 1.29 is 9.53 Å². The largest absolute Gasteiger partial charge is 0.454 e. The number of ether oxygens (including phenoxy) is 1. The third-order valence-corrected chi connectivity index (χ3v) is 4.09. The molecule has 0 radical (unpaired) electrons. The molecule has 1 unspecified atom stereocenters. The lowest BCUT2D eigenvalue weighted by Gasteiger charge is -2.13. The van der Waals surface area contributed by atoms with E-state index in [4.69, 9.17) is 4.74 Å². The van der Waals surface area contributed by atoms with Gasteiger partial charge in [-0.05, 0) is 26.7 Å². The number of benzene rings is 2. The van der Waals surface area contributed by atoms with Gasteiger partial charge in [-0.15, -0.1) is 0 Å². The molecule has 1 saturated heterocycles. The number of carbonyl (C=O) groups is 1. The normalized spacial score (nSPS) is 19.3. The molecule has 1 atom stereocenters. The van der Waals surface area contributed by atoms with E-state index in [-0.39, 0.29) is 12.1 Å². The molecule has 90 valence electrons. The Hall–Kier alpha value is -1.61. The maximum Gasteiger partial charge on any atom is 0.334 e. The lowest BCUT2D eigenvalue weighted by atomic mass is 10.0. The van der Waals surface area contributed by atoms with Crippen molar-refractivity contribution in [3.05, 3.63) is 58.6 Å². The monoisotopic (exact) mass is 302 g/mol. The fourth-order valence-corrected chi connectivity index (χ4v) is 2.98. The topological polar surface area (TPSA) is 26.3 Å². The molecule has 0 saturated carbocycles. The average molecular weight is 303 g/mol. The first-order valence-corrected chi connectivity index (χ1v) is 6.52. The standard InChI is InChI=1S/C15H11BrO2/c1-9-8-13(18-15(9)17)12-7-6-10-4-2-3-5-11(10)14(12)16/h2-7,13H,1,8H2. The minimum Gasteiger partial charge on any atom is -0.454 e. The van der Waals surface area contributed by atoms with Crippen molar-refractivity contribution in [3.63, 3.8) is 0 Å². The molecule has 2 aromatic rings. The van der Waals surface area contributed by atoms with Gasteiger partial charge >= 0.3 is 5.97 Å². The second-order valence-corrected chi connectivity index (χ2v) is 5.18. The highest BCUT2D eigenvalue weighted by atomic mass is 79.9. The van der Waals surface area contributed by atoms with Gasteiger partial charge in [-0.25, -0.2) is 4.79 Å². The van der Waals surface area contributed by atoms with E-state index in [0.29, 0.717) is 12.0 Å². The third kappa shape index (κ3) is 1.75. The molecule has 0 aliphatic carbocycles. The summed E-state index contributed by atoms with van der Waals surface area (Å²) < 4.78 is 6.31. The Labute approximate surface area is 113 Å². The van der Waals surface area contributed by atoms with Crippen molar-refractivity contribution in [3.8, 4) is 0 Å². The molecule has 0 bridgehead atoms. The summed E-state index contributed by atoms with van der Waals surface area (Å²) in [5.74, 6) is -0.292. The van der Waals surface area contributed by atoms with Crippen LogP contribution in [0.15, 0.2) is 53.0 Å². The van der Waals surface area contributed by atoms with Gasteiger partial charge in [0.15, 0.2) is 0 Å². The van der Waals surface area contributed by atoms with E-state index in [2.05, 4.69) is 34.6 Å². The van der Waals surface area contributed by atoms with Crippen LogP contribution >= 0.6 is 15.9 Å². The van der Waals surface area contributed by atoms with E-state index >= 15 is 0 Å². The summed E-state index contributed by atoms with van der Waals surface area (Å²) in [6.07, 6.45) is 0.347. The number of cyclic esters (lactones) is 1. The molecule has 1 heterocycles. The van der Waals surface area contributed by atoms with Crippen LogP contribution in [0.3, 0.4) is 0 Å². The quantitative estimate of drug-likeness (QED) is 0.584. The molecule has 1 aliphatic rings. The molecule has 2 nitrogen and oxygen atoms in total. The second kappa shape index (κ2) is 4.25. The fourth-order valence-electron chi connectivity index (χ4n) is 2.23. The Morgan fingerprint density at radius 3 is 2.72 bits per heavy atom. The van der Waals surface area contributed by atoms with Crippen molar-refractivity contribution in [2.45, 2.75) is 12.5 Å². The number of fused-ring (bicyclic) bond motifs is 1. The molecule has 2 aromatic carbocycles. The first kappa shape index (κ1) is 11.5. The molecular weight excluding hydrogens is 292 g/mol. The number of rotatable bonds is 1. The van der Waals surface area contributed by atoms with Gasteiger partial charge in [-0.3, -0.25) is 0 Å². The highest BCUT2D eigenvalue weighted by Crippen LogP contribution is 2.38. The summed E-state index contributed by atoms with van der Waals surface area (Å²) in [6, 6.07) is 12.2. The minimum atomic E-state index is -0.292. The van der Waals surface area contributed by atoms with Gasteiger partial charge in [0, 0.05) is 22.0 Å². The zero-order chi connectivity index (χ0) is 12.7. The Bertz CT molecular complexity index is 645. The van der Waals surface area contributed by atoms with Crippen molar-refractivity contribution in [2.75, 3.05) is 0 Å². The van der Waals surface area contributed by atoms with Crippen LogP contribution in [0.25, 0.3) is 10.8 Å². The van der Waals surface area contributed by atoms with Crippen LogP contribution in [0.1, 0.15) is 18.1 Å². The summed E-state index contributed by atoms with van der Waals surface area (Å²) in [5.41, 5.74) is 1.54. The summed E-state index contributed by atoms with van der Waals surface area (Å²) >= 11 is 3.61. The predicted molar refractivity (Wildman–Crippen MR) is 74.2 cm³/mol. The molecule has 0 N–H and O–H groups in total. The molecule has 0 spiro atoms. The van der Waals surface area contributed by atoms with Crippen LogP contribution in [0.2, 0.25) is 0 Å². The van der Waals surface area contributed by atoms with Gasteiger partial charge in [0.1, 0.15) is 6.10 Å². The van der Waals surface area contributed by atoms with Crippen LogP contribution in [-0.2, 0) is 9.53 Å².